The molecule has 2 aromatic carbocycles. The number of amides is 1. The Hall–Kier alpha value is -3.30. The molecule has 0 bridgehead atoms. The van der Waals surface area contributed by atoms with Crippen molar-refractivity contribution < 1.29 is 14.3 Å². The Morgan fingerprint density at radius 2 is 1.80 bits per heavy atom. The number of fused-ring (bicyclic) bond motifs is 1. The van der Waals surface area contributed by atoms with E-state index in [2.05, 4.69) is 11.1 Å². The van der Waals surface area contributed by atoms with Gasteiger partial charge in [0.25, 0.3) is 5.91 Å². The van der Waals surface area contributed by atoms with Crippen molar-refractivity contribution in [1.82, 2.24) is 9.88 Å². The van der Waals surface area contributed by atoms with E-state index in [-0.39, 0.29) is 17.6 Å². The predicted octanol–water partition coefficient (Wildman–Crippen LogP) is 5.48. The second kappa shape index (κ2) is 9.05. The third kappa shape index (κ3) is 4.41. The molecule has 6 heteroatoms. The Labute approximate surface area is 205 Å². The van der Waals surface area contributed by atoms with E-state index in [1.807, 2.05) is 30.3 Å². The van der Waals surface area contributed by atoms with Crippen LogP contribution >= 0.6 is 0 Å². The Balaban J connectivity index is 1.51. The summed E-state index contributed by atoms with van der Waals surface area (Å²) in [6.45, 7) is 2.75. The van der Waals surface area contributed by atoms with Crippen LogP contribution in [0.2, 0.25) is 0 Å². The minimum Gasteiger partial charge on any atom is -0.390 e. The summed E-state index contributed by atoms with van der Waals surface area (Å²) in [6.07, 6.45) is 5.49. The molecule has 0 unspecified atom stereocenters. The molecule has 5 nitrogen and oxygen atoms in total. The minimum atomic E-state index is -0.758. The standard InChI is InChI=1S/C29H30FN3O2/c1-28(35)13-15-33(16-14-28)27(34)24-18-32-25-8-7-22(30)17-23(25)26(24)20-9-11-29(19-31,12-10-20)21-5-3-2-4-6-21/h2-8,17-18,20,35H,9-16H2,1H3. The third-order valence-corrected chi connectivity index (χ3v) is 8.02. The van der Waals surface area contributed by atoms with Crippen LogP contribution in [0.25, 0.3) is 10.9 Å². The molecule has 3 aromatic rings. The number of rotatable bonds is 3. The van der Waals surface area contributed by atoms with Gasteiger partial charge in [-0.25, -0.2) is 4.39 Å². The summed E-state index contributed by atoms with van der Waals surface area (Å²) in [5, 5.41) is 21.1. The van der Waals surface area contributed by atoms with Crippen molar-refractivity contribution in [2.75, 3.05) is 13.1 Å². The molecular weight excluding hydrogens is 441 g/mol. The number of pyridine rings is 1. The SMILES string of the molecule is CC1(O)CCN(C(=O)c2cnc3ccc(F)cc3c2C2CCC(C#N)(c3ccccc3)CC2)CC1. The number of hydrogen-bond acceptors (Lipinski definition) is 4. The molecule has 1 aliphatic heterocycles. The number of hydrogen-bond donors (Lipinski definition) is 1. The monoisotopic (exact) mass is 471 g/mol. The first-order valence-electron chi connectivity index (χ1n) is 12.4. The van der Waals surface area contributed by atoms with Crippen LogP contribution in [0.5, 0.6) is 0 Å². The maximum atomic E-state index is 14.4. The number of piperidine rings is 1. The Bertz CT molecular complexity index is 1280. The molecular formula is C29H30FN3O2. The molecule has 35 heavy (non-hydrogen) atoms. The fourth-order valence-corrected chi connectivity index (χ4v) is 5.78. The molecule has 2 heterocycles. The summed E-state index contributed by atoms with van der Waals surface area (Å²) in [4.78, 5) is 19.9. The number of carbonyl (C=O) groups is 1. The summed E-state index contributed by atoms with van der Waals surface area (Å²) in [5.74, 6) is -0.445. The van der Waals surface area contributed by atoms with E-state index in [0.717, 1.165) is 24.0 Å². The van der Waals surface area contributed by atoms with Crippen LogP contribution in [0.4, 0.5) is 4.39 Å². The van der Waals surface area contributed by atoms with Gasteiger partial charge in [0, 0.05) is 24.7 Å². The lowest BCUT2D eigenvalue weighted by Gasteiger charge is -2.38. The highest BCUT2D eigenvalue weighted by Crippen LogP contribution is 2.47. The number of benzene rings is 2. The van der Waals surface area contributed by atoms with E-state index in [4.69, 9.17) is 0 Å². The third-order valence-electron chi connectivity index (χ3n) is 8.02. The van der Waals surface area contributed by atoms with Crippen molar-refractivity contribution in [3.63, 3.8) is 0 Å². The van der Waals surface area contributed by atoms with Gasteiger partial charge in [-0.15, -0.1) is 0 Å². The highest BCUT2D eigenvalue weighted by molar-refractivity contribution is 6.00. The van der Waals surface area contributed by atoms with E-state index in [1.54, 1.807) is 24.1 Å². The molecule has 1 amide bonds. The summed E-state index contributed by atoms with van der Waals surface area (Å²) in [7, 11) is 0. The first-order valence-corrected chi connectivity index (χ1v) is 12.4. The van der Waals surface area contributed by atoms with Crippen LogP contribution < -0.4 is 0 Å². The number of likely N-dealkylation sites (tertiary alicyclic amines) is 1. The van der Waals surface area contributed by atoms with Gasteiger partial charge in [0.15, 0.2) is 0 Å². The molecule has 1 N–H and O–H groups in total. The maximum absolute atomic E-state index is 14.4. The van der Waals surface area contributed by atoms with Crippen LogP contribution in [-0.4, -0.2) is 39.6 Å². The lowest BCUT2D eigenvalue weighted by Crippen LogP contribution is -2.45. The predicted molar refractivity (Wildman–Crippen MR) is 132 cm³/mol. The number of aliphatic hydroxyl groups is 1. The average molecular weight is 472 g/mol. The fourth-order valence-electron chi connectivity index (χ4n) is 5.78. The summed E-state index contributed by atoms with van der Waals surface area (Å²) in [6, 6.07) is 17.0. The molecule has 1 saturated heterocycles. The average Bonchev–Trinajstić information content (AvgIpc) is 2.88. The van der Waals surface area contributed by atoms with Gasteiger partial charge < -0.3 is 10.0 Å². The van der Waals surface area contributed by atoms with Crippen LogP contribution in [0.3, 0.4) is 0 Å². The Morgan fingerprint density at radius 1 is 1.11 bits per heavy atom. The van der Waals surface area contributed by atoms with E-state index in [1.165, 1.54) is 12.1 Å². The maximum Gasteiger partial charge on any atom is 0.255 e. The normalized spacial score (nSPS) is 24.2. The zero-order valence-electron chi connectivity index (χ0n) is 20.0. The van der Waals surface area contributed by atoms with Gasteiger partial charge in [-0.05, 0) is 80.7 Å². The van der Waals surface area contributed by atoms with Crippen LogP contribution in [0.1, 0.15) is 72.9 Å². The highest BCUT2D eigenvalue weighted by Gasteiger charge is 2.39. The van der Waals surface area contributed by atoms with Gasteiger partial charge in [-0.1, -0.05) is 30.3 Å². The van der Waals surface area contributed by atoms with Crippen molar-refractivity contribution >= 4 is 16.8 Å². The summed E-state index contributed by atoms with van der Waals surface area (Å²) in [5.41, 5.74) is 1.75. The van der Waals surface area contributed by atoms with E-state index < -0.39 is 11.0 Å². The van der Waals surface area contributed by atoms with E-state index >= 15 is 0 Å². The van der Waals surface area contributed by atoms with Gasteiger partial charge >= 0.3 is 0 Å². The number of nitrogens with zero attached hydrogens (tertiary/aromatic N) is 3. The van der Waals surface area contributed by atoms with E-state index in [0.29, 0.717) is 55.2 Å². The lowest BCUT2D eigenvalue weighted by molar-refractivity contribution is -0.00208. The Morgan fingerprint density at radius 3 is 2.46 bits per heavy atom. The number of carbonyl (C=O) groups excluding carboxylic acids is 1. The van der Waals surface area contributed by atoms with Gasteiger partial charge in [0.1, 0.15) is 5.82 Å². The van der Waals surface area contributed by atoms with Crippen molar-refractivity contribution in [2.45, 2.75) is 62.4 Å². The molecule has 2 aliphatic rings. The minimum absolute atomic E-state index is 0.0272. The fraction of sp³-hybridized carbons (Fsp3) is 0.414. The first kappa shape index (κ1) is 23.4. The van der Waals surface area contributed by atoms with E-state index in [9.17, 15) is 19.6 Å². The molecule has 0 atom stereocenters. The molecule has 5 rings (SSSR count). The molecule has 0 spiro atoms. The largest absolute Gasteiger partial charge is 0.390 e. The van der Waals surface area contributed by atoms with Crippen molar-refractivity contribution in [3.05, 3.63) is 77.2 Å². The molecule has 1 aliphatic carbocycles. The first-order chi connectivity index (χ1) is 16.8. The zero-order valence-corrected chi connectivity index (χ0v) is 20.0. The zero-order chi connectivity index (χ0) is 24.6. The second-order valence-electron chi connectivity index (χ2n) is 10.4. The molecule has 1 aromatic heterocycles. The Kier molecular flexibility index (Phi) is 6.06. The molecule has 2 fully saturated rings. The number of aromatic nitrogens is 1. The van der Waals surface area contributed by atoms with Gasteiger partial charge in [-0.2, -0.15) is 5.26 Å². The summed E-state index contributed by atoms with van der Waals surface area (Å²) < 4.78 is 14.4. The van der Waals surface area contributed by atoms with Gasteiger partial charge in [-0.3, -0.25) is 9.78 Å². The summed E-state index contributed by atoms with van der Waals surface area (Å²) >= 11 is 0. The molecule has 1 saturated carbocycles. The molecule has 180 valence electrons. The lowest BCUT2D eigenvalue weighted by atomic mass is 9.65. The van der Waals surface area contributed by atoms with Crippen LogP contribution in [-0.2, 0) is 5.41 Å². The van der Waals surface area contributed by atoms with Crippen LogP contribution in [0, 0.1) is 17.1 Å². The quantitative estimate of drug-likeness (QED) is 0.549. The number of nitriles is 1. The topological polar surface area (TPSA) is 77.2 Å². The molecule has 0 radical (unpaired) electrons. The van der Waals surface area contributed by atoms with Gasteiger partial charge in [0.05, 0.1) is 28.2 Å². The second-order valence-corrected chi connectivity index (χ2v) is 10.4. The van der Waals surface area contributed by atoms with Crippen LogP contribution in [0.15, 0.2) is 54.7 Å². The van der Waals surface area contributed by atoms with Gasteiger partial charge in [0.2, 0.25) is 0 Å². The van der Waals surface area contributed by atoms with Crippen molar-refractivity contribution in [1.29, 1.82) is 5.26 Å². The highest BCUT2D eigenvalue weighted by atomic mass is 19.1. The van der Waals surface area contributed by atoms with Crippen molar-refractivity contribution in [3.8, 4) is 6.07 Å². The smallest absolute Gasteiger partial charge is 0.255 e. The number of halogens is 1. The van der Waals surface area contributed by atoms with Crippen molar-refractivity contribution in [2.24, 2.45) is 0 Å².